The molecule has 1 rings (SSSR count). The lowest BCUT2D eigenvalue weighted by molar-refractivity contribution is -0.131. The SMILES string of the molecule is CC1CN(C(=O)CCCCBr)CC(C)S1. The first kappa shape index (κ1) is 13.4. The maximum Gasteiger partial charge on any atom is 0.222 e. The minimum absolute atomic E-state index is 0.343. The maximum atomic E-state index is 11.9. The highest BCUT2D eigenvalue weighted by Gasteiger charge is 2.25. The molecule has 0 bridgehead atoms. The zero-order valence-electron chi connectivity index (χ0n) is 9.54. The van der Waals surface area contributed by atoms with Crippen LogP contribution in [0, 0.1) is 0 Å². The number of carbonyl (C=O) groups excluding carboxylic acids is 1. The minimum Gasteiger partial charge on any atom is -0.341 e. The molecule has 1 fully saturated rings. The molecule has 0 radical (unpaired) electrons. The molecule has 0 aromatic rings. The van der Waals surface area contributed by atoms with E-state index >= 15 is 0 Å². The van der Waals surface area contributed by atoms with E-state index in [1.54, 1.807) is 0 Å². The van der Waals surface area contributed by atoms with Gasteiger partial charge in [-0.05, 0) is 12.8 Å². The number of halogens is 1. The molecule has 0 aromatic carbocycles. The summed E-state index contributed by atoms with van der Waals surface area (Å²) < 4.78 is 0. The van der Waals surface area contributed by atoms with Crippen LogP contribution in [-0.2, 0) is 4.79 Å². The van der Waals surface area contributed by atoms with E-state index in [1.165, 1.54) is 0 Å². The van der Waals surface area contributed by atoms with Crippen molar-refractivity contribution >= 4 is 33.6 Å². The molecule has 1 aliphatic heterocycles. The topological polar surface area (TPSA) is 20.3 Å². The van der Waals surface area contributed by atoms with Crippen molar-refractivity contribution in [2.24, 2.45) is 0 Å². The van der Waals surface area contributed by atoms with Crippen molar-refractivity contribution < 1.29 is 4.79 Å². The summed E-state index contributed by atoms with van der Waals surface area (Å²) in [6.07, 6.45) is 2.83. The molecule has 1 amide bonds. The molecule has 2 nitrogen and oxygen atoms in total. The van der Waals surface area contributed by atoms with Crippen LogP contribution in [0.3, 0.4) is 0 Å². The van der Waals surface area contributed by atoms with Crippen molar-refractivity contribution in [1.82, 2.24) is 4.90 Å². The number of rotatable bonds is 4. The van der Waals surface area contributed by atoms with Crippen LogP contribution in [0.1, 0.15) is 33.1 Å². The van der Waals surface area contributed by atoms with Gasteiger partial charge in [0.25, 0.3) is 0 Å². The normalized spacial score (nSPS) is 26.7. The Balaban J connectivity index is 2.31. The Morgan fingerprint density at radius 3 is 2.47 bits per heavy atom. The van der Waals surface area contributed by atoms with Crippen LogP contribution in [-0.4, -0.2) is 39.7 Å². The van der Waals surface area contributed by atoms with E-state index in [2.05, 4.69) is 29.8 Å². The van der Waals surface area contributed by atoms with E-state index in [0.717, 1.165) is 37.7 Å². The molecule has 2 atom stereocenters. The van der Waals surface area contributed by atoms with Crippen LogP contribution in [0.15, 0.2) is 0 Å². The number of thioether (sulfide) groups is 1. The zero-order valence-corrected chi connectivity index (χ0v) is 11.9. The van der Waals surface area contributed by atoms with E-state index in [9.17, 15) is 4.79 Å². The molecule has 4 heteroatoms. The van der Waals surface area contributed by atoms with Gasteiger partial charge in [0.05, 0.1) is 0 Å². The Bertz CT molecular complexity index is 203. The summed E-state index contributed by atoms with van der Waals surface area (Å²) in [5.41, 5.74) is 0. The van der Waals surface area contributed by atoms with Crippen molar-refractivity contribution in [3.05, 3.63) is 0 Å². The molecular formula is C11H20BrNOS. The fourth-order valence-electron chi connectivity index (χ4n) is 1.91. The monoisotopic (exact) mass is 293 g/mol. The van der Waals surface area contributed by atoms with Crippen molar-refractivity contribution in [3.63, 3.8) is 0 Å². The highest BCUT2D eigenvalue weighted by molar-refractivity contribution is 9.09. The number of hydrogen-bond donors (Lipinski definition) is 0. The molecular weight excluding hydrogens is 274 g/mol. The average Bonchev–Trinajstić information content (AvgIpc) is 2.16. The van der Waals surface area contributed by atoms with Crippen molar-refractivity contribution in [2.45, 2.75) is 43.6 Å². The lowest BCUT2D eigenvalue weighted by Crippen LogP contribution is -2.43. The number of alkyl halides is 1. The lowest BCUT2D eigenvalue weighted by Gasteiger charge is -2.34. The number of carbonyl (C=O) groups is 1. The Labute approximate surface area is 105 Å². The highest BCUT2D eigenvalue weighted by atomic mass is 79.9. The van der Waals surface area contributed by atoms with Gasteiger partial charge in [0, 0.05) is 35.3 Å². The average molecular weight is 294 g/mol. The molecule has 1 aliphatic rings. The molecule has 0 aromatic heterocycles. The largest absolute Gasteiger partial charge is 0.341 e. The van der Waals surface area contributed by atoms with Gasteiger partial charge in [-0.3, -0.25) is 4.79 Å². The summed E-state index contributed by atoms with van der Waals surface area (Å²) in [5.74, 6) is 0.343. The van der Waals surface area contributed by atoms with Gasteiger partial charge in [-0.2, -0.15) is 11.8 Å². The molecule has 1 saturated heterocycles. The van der Waals surface area contributed by atoms with Gasteiger partial charge < -0.3 is 4.90 Å². The quantitative estimate of drug-likeness (QED) is 0.587. The third-order valence-electron chi connectivity index (χ3n) is 2.55. The standard InChI is InChI=1S/C11H20BrNOS/c1-9-7-13(8-10(2)15-9)11(14)5-3-4-6-12/h9-10H,3-8H2,1-2H3. The first-order chi connectivity index (χ1) is 7.13. The second kappa shape index (κ2) is 6.79. The Morgan fingerprint density at radius 1 is 1.33 bits per heavy atom. The van der Waals surface area contributed by atoms with E-state index in [1.807, 2.05) is 16.7 Å². The third-order valence-corrected chi connectivity index (χ3v) is 4.33. The van der Waals surface area contributed by atoms with Crippen molar-refractivity contribution in [2.75, 3.05) is 18.4 Å². The van der Waals surface area contributed by atoms with Gasteiger partial charge in [0.15, 0.2) is 0 Å². The van der Waals surface area contributed by atoms with Crippen molar-refractivity contribution in [1.29, 1.82) is 0 Å². The van der Waals surface area contributed by atoms with Crippen LogP contribution >= 0.6 is 27.7 Å². The first-order valence-corrected chi connectivity index (χ1v) is 7.69. The molecule has 2 unspecified atom stereocenters. The fraction of sp³-hybridized carbons (Fsp3) is 0.909. The third kappa shape index (κ3) is 4.77. The Kier molecular flexibility index (Phi) is 6.05. The van der Waals surface area contributed by atoms with Crippen LogP contribution in [0.25, 0.3) is 0 Å². The summed E-state index contributed by atoms with van der Waals surface area (Å²) >= 11 is 5.38. The van der Waals surface area contributed by atoms with Crippen LogP contribution in [0.2, 0.25) is 0 Å². The molecule has 0 aliphatic carbocycles. The van der Waals surface area contributed by atoms with E-state index < -0.39 is 0 Å². The second-order valence-corrected chi connectivity index (χ2v) is 6.88. The summed E-state index contributed by atoms with van der Waals surface area (Å²) in [4.78, 5) is 13.9. The minimum atomic E-state index is 0.343. The number of unbranched alkanes of at least 4 members (excludes halogenated alkanes) is 1. The smallest absolute Gasteiger partial charge is 0.222 e. The van der Waals surface area contributed by atoms with Gasteiger partial charge in [0.2, 0.25) is 5.91 Å². The number of hydrogen-bond acceptors (Lipinski definition) is 2. The van der Waals surface area contributed by atoms with Gasteiger partial charge in [0.1, 0.15) is 0 Å². The van der Waals surface area contributed by atoms with E-state index in [4.69, 9.17) is 0 Å². The molecule has 88 valence electrons. The van der Waals surface area contributed by atoms with Crippen LogP contribution in [0.5, 0.6) is 0 Å². The van der Waals surface area contributed by atoms with Gasteiger partial charge >= 0.3 is 0 Å². The molecule has 0 N–H and O–H groups in total. The van der Waals surface area contributed by atoms with Crippen LogP contribution < -0.4 is 0 Å². The molecule has 1 heterocycles. The van der Waals surface area contributed by atoms with Crippen molar-refractivity contribution in [3.8, 4) is 0 Å². The molecule has 0 spiro atoms. The van der Waals surface area contributed by atoms with E-state index in [0.29, 0.717) is 16.4 Å². The summed E-state index contributed by atoms with van der Waals surface area (Å²) in [6.45, 7) is 6.28. The summed E-state index contributed by atoms with van der Waals surface area (Å²) in [7, 11) is 0. The predicted molar refractivity (Wildman–Crippen MR) is 70.7 cm³/mol. The number of nitrogens with zero attached hydrogens (tertiary/aromatic N) is 1. The van der Waals surface area contributed by atoms with Crippen LogP contribution in [0.4, 0.5) is 0 Å². The summed E-state index contributed by atoms with van der Waals surface area (Å²) in [5, 5.41) is 2.19. The highest BCUT2D eigenvalue weighted by Crippen LogP contribution is 2.25. The number of amides is 1. The maximum absolute atomic E-state index is 11.9. The van der Waals surface area contributed by atoms with E-state index in [-0.39, 0.29) is 0 Å². The molecule has 15 heavy (non-hydrogen) atoms. The Hall–Kier alpha value is 0.300. The molecule has 0 saturated carbocycles. The van der Waals surface area contributed by atoms with Gasteiger partial charge in [-0.15, -0.1) is 0 Å². The predicted octanol–water partition coefficient (Wildman–Crippen LogP) is 2.90. The first-order valence-electron chi connectivity index (χ1n) is 5.62. The Morgan fingerprint density at radius 2 is 1.93 bits per heavy atom. The fourth-order valence-corrected chi connectivity index (χ4v) is 3.63. The van der Waals surface area contributed by atoms with Gasteiger partial charge in [-0.25, -0.2) is 0 Å². The summed E-state index contributed by atoms with van der Waals surface area (Å²) in [6, 6.07) is 0. The zero-order chi connectivity index (χ0) is 11.3. The second-order valence-electron chi connectivity index (χ2n) is 4.20. The lowest BCUT2D eigenvalue weighted by atomic mass is 10.2. The van der Waals surface area contributed by atoms with Gasteiger partial charge in [-0.1, -0.05) is 29.8 Å².